The minimum Gasteiger partial charge on any atom is -0.340 e. The van der Waals surface area contributed by atoms with E-state index in [4.69, 9.17) is 5.26 Å². The predicted octanol–water partition coefficient (Wildman–Crippen LogP) is 1.99. The standard InChI is InChI=1S/C11H18N2O/c1-2-10(8-12)13-11(14)9-6-4-3-5-7-9/h9-10H,2-7H2,1H3,(H,13,14). The molecule has 1 amide bonds. The summed E-state index contributed by atoms with van der Waals surface area (Å²) < 4.78 is 0. The van der Waals surface area contributed by atoms with Crippen LogP contribution in [-0.4, -0.2) is 11.9 Å². The average molecular weight is 194 g/mol. The van der Waals surface area contributed by atoms with Crippen LogP contribution in [0.3, 0.4) is 0 Å². The van der Waals surface area contributed by atoms with Crippen molar-refractivity contribution in [2.45, 2.75) is 51.5 Å². The highest BCUT2D eigenvalue weighted by molar-refractivity contribution is 5.79. The van der Waals surface area contributed by atoms with E-state index in [-0.39, 0.29) is 17.9 Å². The van der Waals surface area contributed by atoms with Gasteiger partial charge in [0, 0.05) is 5.92 Å². The van der Waals surface area contributed by atoms with Gasteiger partial charge in [-0.15, -0.1) is 0 Å². The lowest BCUT2D eigenvalue weighted by atomic mass is 9.88. The molecule has 0 heterocycles. The number of carbonyl (C=O) groups excluding carboxylic acids is 1. The first-order chi connectivity index (χ1) is 6.77. The van der Waals surface area contributed by atoms with Crippen LogP contribution >= 0.6 is 0 Å². The molecule has 1 N–H and O–H groups in total. The van der Waals surface area contributed by atoms with E-state index in [1.165, 1.54) is 6.42 Å². The molecule has 3 heteroatoms. The minimum absolute atomic E-state index is 0.0816. The van der Waals surface area contributed by atoms with Crippen LogP contribution in [0.15, 0.2) is 0 Å². The van der Waals surface area contributed by atoms with Crippen LogP contribution in [0, 0.1) is 17.2 Å². The van der Waals surface area contributed by atoms with Gasteiger partial charge in [-0.05, 0) is 19.3 Å². The third-order valence-electron chi connectivity index (χ3n) is 2.86. The van der Waals surface area contributed by atoms with Crippen LogP contribution in [0.4, 0.5) is 0 Å². The monoisotopic (exact) mass is 194 g/mol. The molecule has 0 aromatic carbocycles. The fraction of sp³-hybridized carbons (Fsp3) is 0.818. The zero-order valence-corrected chi connectivity index (χ0v) is 8.75. The maximum Gasteiger partial charge on any atom is 0.224 e. The average Bonchev–Trinajstić information content (AvgIpc) is 2.26. The van der Waals surface area contributed by atoms with Crippen LogP contribution in [0.25, 0.3) is 0 Å². The summed E-state index contributed by atoms with van der Waals surface area (Å²) in [7, 11) is 0. The second-order valence-electron chi connectivity index (χ2n) is 3.93. The zero-order chi connectivity index (χ0) is 10.4. The van der Waals surface area contributed by atoms with Crippen molar-refractivity contribution in [2.75, 3.05) is 0 Å². The lowest BCUT2D eigenvalue weighted by molar-refractivity contribution is -0.126. The van der Waals surface area contributed by atoms with Gasteiger partial charge in [0.05, 0.1) is 6.07 Å². The van der Waals surface area contributed by atoms with Crippen LogP contribution in [-0.2, 0) is 4.79 Å². The molecular formula is C11H18N2O. The number of carbonyl (C=O) groups is 1. The summed E-state index contributed by atoms with van der Waals surface area (Å²) in [5.74, 6) is 0.240. The van der Waals surface area contributed by atoms with Crippen molar-refractivity contribution < 1.29 is 4.79 Å². The number of amides is 1. The first-order valence-electron chi connectivity index (χ1n) is 5.48. The minimum atomic E-state index is -0.301. The highest BCUT2D eigenvalue weighted by Crippen LogP contribution is 2.23. The highest BCUT2D eigenvalue weighted by Gasteiger charge is 2.22. The van der Waals surface area contributed by atoms with Gasteiger partial charge in [0.15, 0.2) is 0 Å². The first-order valence-corrected chi connectivity index (χ1v) is 5.48. The Hall–Kier alpha value is -1.04. The summed E-state index contributed by atoms with van der Waals surface area (Å²) in [4.78, 5) is 11.7. The molecule has 0 radical (unpaired) electrons. The molecule has 78 valence electrons. The number of hydrogen-bond acceptors (Lipinski definition) is 2. The Morgan fingerprint density at radius 3 is 2.64 bits per heavy atom. The third-order valence-corrected chi connectivity index (χ3v) is 2.86. The van der Waals surface area contributed by atoms with E-state index in [1.54, 1.807) is 0 Å². The van der Waals surface area contributed by atoms with Gasteiger partial charge in [0.2, 0.25) is 5.91 Å². The molecule has 1 rings (SSSR count). The smallest absolute Gasteiger partial charge is 0.224 e. The Labute approximate surface area is 85.5 Å². The van der Waals surface area contributed by atoms with Gasteiger partial charge >= 0.3 is 0 Å². The van der Waals surface area contributed by atoms with Crippen LogP contribution in [0.1, 0.15) is 45.4 Å². The number of rotatable bonds is 3. The van der Waals surface area contributed by atoms with Gasteiger partial charge in [-0.3, -0.25) is 4.79 Å². The Bertz CT molecular complexity index is 226. The van der Waals surface area contributed by atoms with Crippen molar-refractivity contribution in [3.8, 4) is 6.07 Å². The van der Waals surface area contributed by atoms with E-state index in [0.717, 1.165) is 25.7 Å². The van der Waals surface area contributed by atoms with Gasteiger partial charge in [-0.25, -0.2) is 0 Å². The molecule has 1 atom stereocenters. The Morgan fingerprint density at radius 2 is 2.14 bits per heavy atom. The zero-order valence-electron chi connectivity index (χ0n) is 8.75. The molecule has 0 aromatic heterocycles. The maximum atomic E-state index is 11.7. The fourth-order valence-corrected chi connectivity index (χ4v) is 1.88. The van der Waals surface area contributed by atoms with Crippen molar-refractivity contribution in [2.24, 2.45) is 5.92 Å². The van der Waals surface area contributed by atoms with E-state index in [1.807, 2.05) is 6.92 Å². The molecule has 1 unspecified atom stereocenters. The van der Waals surface area contributed by atoms with Crippen molar-refractivity contribution in [3.05, 3.63) is 0 Å². The molecule has 0 bridgehead atoms. The summed E-state index contributed by atoms with van der Waals surface area (Å²) >= 11 is 0. The third kappa shape index (κ3) is 3.02. The molecule has 14 heavy (non-hydrogen) atoms. The van der Waals surface area contributed by atoms with Gasteiger partial charge in [-0.2, -0.15) is 5.26 Å². The molecule has 0 spiro atoms. The fourth-order valence-electron chi connectivity index (χ4n) is 1.88. The molecule has 1 aliphatic rings. The van der Waals surface area contributed by atoms with Crippen molar-refractivity contribution in [1.82, 2.24) is 5.32 Å². The molecule has 0 aliphatic heterocycles. The number of nitrogens with zero attached hydrogens (tertiary/aromatic N) is 1. The van der Waals surface area contributed by atoms with Gasteiger partial charge < -0.3 is 5.32 Å². The van der Waals surface area contributed by atoms with E-state index >= 15 is 0 Å². The second-order valence-corrected chi connectivity index (χ2v) is 3.93. The van der Waals surface area contributed by atoms with Crippen molar-refractivity contribution in [1.29, 1.82) is 5.26 Å². The number of nitrogens with one attached hydrogen (secondary N) is 1. The second kappa shape index (κ2) is 5.64. The predicted molar refractivity (Wildman–Crippen MR) is 54.4 cm³/mol. The van der Waals surface area contributed by atoms with E-state index in [2.05, 4.69) is 11.4 Å². The van der Waals surface area contributed by atoms with Crippen molar-refractivity contribution >= 4 is 5.91 Å². The molecule has 1 saturated carbocycles. The lowest BCUT2D eigenvalue weighted by Gasteiger charge is -2.21. The van der Waals surface area contributed by atoms with Crippen molar-refractivity contribution in [3.63, 3.8) is 0 Å². The SMILES string of the molecule is CCC(C#N)NC(=O)C1CCCCC1. The summed E-state index contributed by atoms with van der Waals surface area (Å²) in [6, 6.07) is 1.79. The summed E-state index contributed by atoms with van der Waals surface area (Å²) in [5.41, 5.74) is 0. The number of hydrogen-bond donors (Lipinski definition) is 1. The van der Waals surface area contributed by atoms with Gasteiger partial charge in [0.1, 0.15) is 6.04 Å². The molecular weight excluding hydrogens is 176 g/mol. The lowest BCUT2D eigenvalue weighted by Crippen LogP contribution is -2.38. The van der Waals surface area contributed by atoms with E-state index in [9.17, 15) is 4.79 Å². The topological polar surface area (TPSA) is 52.9 Å². The first kappa shape index (κ1) is 11.0. The summed E-state index contributed by atoms with van der Waals surface area (Å²) in [5, 5.41) is 11.5. The largest absolute Gasteiger partial charge is 0.340 e. The summed E-state index contributed by atoms with van der Waals surface area (Å²) in [6.07, 6.45) is 6.23. The van der Waals surface area contributed by atoms with Crippen LogP contribution < -0.4 is 5.32 Å². The molecule has 0 saturated heterocycles. The number of nitriles is 1. The van der Waals surface area contributed by atoms with E-state index < -0.39 is 0 Å². The molecule has 3 nitrogen and oxygen atoms in total. The molecule has 1 fully saturated rings. The molecule has 1 aliphatic carbocycles. The van der Waals surface area contributed by atoms with Gasteiger partial charge in [-0.1, -0.05) is 26.2 Å². The highest BCUT2D eigenvalue weighted by atomic mass is 16.1. The van der Waals surface area contributed by atoms with Crippen LogP contribution in [0.5, 0.6) is 0 Å². The summed E-state index contributed by atoms with van der Waals surface area (Å²) in [6.45, 7) is 1.91. The normalized spacial score (nSPS) is 19.7. The Balaban J connectivity index is 2.36. The Kier molecular flexibility index (Phi) is 4.45. The van der Waals surface area contributed by atoms with E-state index in [0.29, 0.717) is 6.42 Å². The maximum absolute atomic E-state index is 11.7. The quantitative estimate of drug-likeness (QED) is 0.747. The Morgan fingerprint density at radius 1 is 1.50 bits per heavy atom. The van der Waals surface area contributed by atoms with Gasteiger partial charge in [0.25, 0.3) is 0 Å². The molecule has 0 aromatic rings. The van der Waals surface area contributed by atoms with Crippen LogP contribution in [0.2, 0.25) is 0 Å².